The van der Waals surface area contributed by atoms with Crippen molar-refractivity contribution in [2.75, 3.05) is 17.7 Å². The van der Waals surface area contributed by atoms with Gasteiger partial charge in [-0.1, -0.05) is 15.9 Å². The number of hydrogen-bond acceptors (Lipinski definition) is 4. The Morgan fingerprint density at radius 3 is 2.45 bits per heavy atom. The summed E-state index contributed by atoms with van der Waals surface area (Å²) in [7, 11) is 1.66. The van der Waals surface area contributed by atoms with Gasteiger partial charge in [0.1, 0.15) is 0 Å². The number of rotatable bonds is 4. The van der Waals surface area contributed by atoms with Crippen LogP contribution < -0.4 is 10.6 Å². The second-order valence-corrected chi connectivity index (χ2v) is 5.57. The zero-order valence-corrected chi connectivity index (χ0v) is 13.6. The normalized spacial score (nSPS) is 10.1. The fourth-order valence-corrected chi connectivity index (χ4v) is 2.48. The number of non-ortho nitro benzene ring substituents is 1. The van der Waals surface area contributed by atoms with Gasteiger partial charge in [-0.25, -0.2) is 0 Å². The monoisotopic (exact) mass is 363 g/mol. The van der Waals surface area contributed by atoms with E-state index in [1.807, 2.05) is 19.1 Å². The molecule has 2 N–H and O–H groups in total. The third-order valence-corrected chi connectivity index (χ3v) is 3.66. The summed E-state index contributed by atoms with van der Waals surface area (Å²) in [5.74, 6) is -0.404. The molecule has 0 saturated carbocycles. The third-order valence-electron chi connectivity index (χ3n) is 3.16. The van der Waals surface area contributed by atoms with Gasteiger partial charge in [0, 0.05) is 35.0 Å². The van der Waals surface area contributed by atoms with Crippen molar-refractivity contribution in [1.82, 2.24) is 0 Å². The van der Waals surface area contributed by atoms with Gasteiger partial charge in [-0.2, -0.15) is 0 Å². The van der Waals surface area contributed by atoms with Crippen LogP contribution in [0.25, 0.3) is 0 Å². The predicted octanol–water partition coefficient (Wildman–Crippen LogP) is 3.96. The number of carbonyl (C=O) groups is 1. The maximum Gasteiger partial charge on any atom is 0.270 e. The van der Waals surface area contributed by atoms with Crippen LogP contribution in [0.2, 0.25) is 0 Å². The second-order valence-electron chi connectivity index (χ2n) is 4.65. The van der Waals surface area contributed by atoms with Crippen LogP contribution in [0.5, 0.6) is 0 Å². The number of amides is 1. The number of halogens is 1. The molecule has 2 aromatic rings. The van der Waals surface area contributed by atoms with E-state index in [0.717, 1.165) is 10.0 Å². The predicted molar refractivity (Wildman–Crippen MR) is 89.5 cm³/mol. The highest BCUT2D eigenvalue weighted by Crippen LogP contribution is 2.25. The molecule has 0 bridgehead atoms. The lowest BCUT2D eigenvalue weighted by Crippen LogP contribution is -2.15. The molecule has 6 nitrogen and oxygen atoms in total. The van der Waals surface area contributed by atoms with Crippen molar-refractivity contribution in [3.8, 4) is 0 Å². The van der Waals surface area contributed by atoms with Crippen LogP contribution in [0.3, 0.4) is 0 Å². The molecule has 0 aromatic heterocycles. The van der Waals surface area contributed by atoms with E-state index in [1.165, 1.54) is 18.2 Å². The molecule has 0 atom stereocenters. The van der Waals surface area contributed by atoms with E-state index in [2.05, 4.69) is 26.6 Å². The van der Waals surface area contributed by atoms with Crippen LogP contribution in [0.1, 0.15) is 15.9 Å². The van der Waals surface area contributed by atoms with E-state index >= 15 is 0 Å². The van der Waals surface area contributed by atoms with Crippen molar-refractivity contribution in [3.05, 3.63) is 62.1 Å². The fraction of sp³-hybridized carbons (Fsp3) is 0.133. The SMILES string of the molecule is CNc1ccc([N+](=O)[O-])cc1C(=O)Nc1ccc(Br)cc1C. The molecule has 0 heterocycles. The number of hydrogen-bond donors (Lipinski definition) is 2. The van der Waals surface area contributed by atoms with E-state index in [4.69, 9.17) is 0 Å². The van der Waals surface area contributed by atoms with Crippen LogP contribution in [0, 0.1) is 17.0 Å². The Kier molecular flexibility index (Phi) is 4.77. The summed E-state index contributed by atoms with van der Waals surface area (Å²) >= 11 is 3.36. The van der Waals surface area contributed by atoms with Crippen molar-refractivity contribution < 1.29 is 9.72 Å². The molecule has 0 aliphatic rings. The smallest absolute Gasteiger partial charge is 0.270 e. The molecular weight excluding hydrogens is 350 g/mol. The van der Waals surface area contributed by atoms with Crippen LogP contribution >= 0.6 is 15.9 Å². The summed E-state index contributed by atoms with van der Waals surface area (Å²) < 4.78 is 0.911. The minimum absolute atomic E-state index is 0.128. The van der Waals surface area contributed by atoms with Gasteiger partial charge < -0.3 is 10.6 Å². The highest BCUT2D eigenvalue weighted by atomic mass is 79.9. The van der Waals surface area contributed by atoms with E-state index in [0.29, 0.717) is 11.4 Å². The summed E-state index contributed by atoms with van der Waals surface area (Å²) in [4.78, 5) is 22.8. The molecule has 0 aliphatic heterocycles. The second kappa shape index (κ2) is 6.57. The Bertz CT molecular complexity index is 747. The number of aryl methyl sites for hydroxylation is 1. The van der Waals surface area contributed by atoms with Crippen LogP contribution in [0.15, 0.2) is 40.9 Å². The summed E-state index contributed by atoms with van der Waals surface area (Å²) in [6.45, 7) is 1.87. The number of carbonyl (C=O) groups excluding carboxylic acids is 1. The van der Waals surface area contributed by atoms with E-state index < -0.39 is 10.8 Å². The first kappa shape index (κ1) is 16.0. The Balaban J connectivity index is 2.35. The fourth-order valence-electron chi connectivity index (χ4n) is 2.01. The average molecular weight is 364 g/mol. The summed E-state index contributed by atoms with van der Waals surface area (Å²) in [6, 6.07) is 9.59. The zero-order chi connectivity index (χ0) is 16.3. The number of nitrogens with one attached hydrogen (secondary N) is 2. The molecule has 0 spiro atoms. The zero-order valence-electron chi connectivity index (χ0n) is 12.0. The number of nitrogens with zero attached hydrogens (tertiary/aromatic N) is 1. The first-order valence-electron chi connectivity index (χ1n) is 6.46. The minimum Gasteiger partial charge on any atom is -0.387 e. The Hall–Kier alpha value is -2.41. The molecule has 0 unspecified atom stereocenters. The van der Waals surface area contributed by atoms with Crippen molar-refractivity contribution in [2.45, 2.75) is 6.92 Å². The van der Waals surface area contributed by atoms with Crippen molar-refractivity contribution in [3.63, 3.8) is 0 Å². The molecule has 1 amide bonds. The lowest BCUT2D eigenvalue weighted by Gasteiger charge is -2.11. The molecular formula is C15H14BrN3O3. The molecule has 2 rings (SSSR count). The summed E-state index contributed by atoms with van der Waals surface area (Å²) in [6.07, 6.45) is 0. The maximum atomic E-state index is 12.4. The van der Waals surface area contributed by atoms with Crippen molar-refractivity contribution in [1.29, 1.82) is 0 Å². The molecule has 0 radical (unpaired) electrons. The molecule has 22 heavy (non-hydrogen) atoms. The van der Waals surface area contributed by atoms with E-state index in [1.54, 1.807) is 13.1 Å². The van der Waals surface area contributed by atoms with Crippen molar-refractivity contribution >= 4 is 38.9 Å². The van der Waals surface area contributed by atoms with Gasteiger partial charge in [0.15, 0.2) is 0 Å². The highest BCUT2D eigenvalue weighted by molar-refractivity contribution is 9.10. The van der Waals surface area contributed by atoms with Gasteiger partial charge in [-0.15, -0.1) is 0 Å². The van der Waals surface area contributed by atoms with E-state index in [9.17, 15) is 14.9 Å². The molecule has 2 aromatic carbocycles. The Morgan fingerprint density at radius 1 is 1.18 bits per heavy atom. The Labute approximate surface area is 135 Å². The quantitative estimate of drug-likeness (QED) is 0.635. The maximum absolute atomic E-state index is 12.4. The van der Waals surface area contributed by atoms with Gasteiger partial charge in [-0.3, -0.25) is 14.9 Å². The summed E-state index contributed by atoms with van der Waals surface area (Å²) in [5, 5.41) is 16.5. The van der Waals surface area contributed by atoms with Crippen molar-refractivity contribution in [2.24, 2.45) is 0 Å². The molecule has 0 aliphatic carbocycles. The summed E-state index contributed by atoms with van der Waals surface area (Å²) in [5.41, 5.74) is 2.16. The van der Waals surface area contributed by atoms with Gasteiger partial charge in [-0.05, 0) is 36.8 Å². The molecule has 7 heteroatoms. The van der Waals surface area contributed by atoms with Gasteiger partial charge in [0.25, 0.3) is 11.6 Å². The number of nitro benzene ring substituents is 1. The first-order valence-corrected chi connectivity index (χ1v) is 7.25. The largest absolute Gasteiger partial charge is 0.387 e. The number of anilines is 2. The first-order chi connectivity index (χ1) is 10.4. The van der Waals surface area contributed by atoms with E-state index in [-0.39, 0.29) is 11.3 Å². The lowest BCUT2D eigenvalue weighted by molar-refractivity contribution is -0.384. The number of benzene rings is 2. The number of nitro groups is 1. The lowest BCUT2D eigenvalue weighted by atomic mass is 10.1. The standard InChI is InChI=1S/C15H14BrN3O3/c1-9-7-10(16)3-5-13(9)18-15(20)12-8-11(19(21)22)4-6-14(12)17-2/h3-8,17H,1-2H3,(H,18,20). The average Bonchev–Trinajstić information content (AvgIpc) is 2.49. The van der Waals surface area contributed by atoms with Gasteiger partial charge in [0.05, 0.1) is 10.5 Å². The third kappa shape index (κ3) is 3.43. The molecule has 0 saturated heterocycles. The van der Waals surface area contributed by atoms with Gasteiger partial charge >= 0.3 is 0 Å². The van der Waals surface area contributed by atoms with Gasteiger partial charge in [0.2, 0.25) is 0 Å². The van der Waals surface area contributed by atoms with Crippen LogP contribution in [0.4, 0.5) is 17.1 Å². The highest BCUT2D eigenvalue weighted by Gasteiger charge is 2.17. The topological polar surface area (TPSA) is 84.3 Å². The Morgan fingerprint density at radius 2 is 1.86 bits per heavy atom. The minimum atomic E-state index is -0.527. The van der Waals surface area contributed by atoms with Crippen LogP contribution in [-0.2, 0) is 0 Å². The van der Waals surface area contributed by atoms with Crippen LogP contribution in [-0.4, -0.2) is 17.9 Å². The molecule has 114 valence electrons. The molecule has 0 fully saturated rings.